The molecule has 0 bridgehead atoms. The minimum atomic E-state index is -0.543. The van der Waals surface area contributed by atoms with E-state index >= 15 is 0 Å². The molecule has 1 atom stereocenters. The lowest BCUT2D eigenvalue weighted by Gasteiger charge is -2.14. The van der Waals surface area contributed by atoms with Crippen LogP contribution in [0.2, 0.25) is 5.02 Å². The predicted octanol–water partition coefficient (Wildman–Crippen LogP) is 0.987. The van der Waals surface area contributed by atoms with Crippen LogP contribution < -0.4 is 10.9 Å². The number of aromatic nitrogens is 2. The summed E-state index contributed by atoms with van der Waals surface area (Å²) in [5, 5.41) is 7.17. The first-order valence-corrected chi connectivity index (χ1v) is 7.32. The van der Waals surface area contributed by atoms with Crippen molar-refractivity contribution in [1.29, 1.82) is 0 Å². The van der Waals surface area contributed by atoms with Gasteiger partial charge in [0, 0.05) is 11.8 Å². The molecular formula is C11H14ClN3O3S. The molecule has 1 aliphatic heterocycles. The number of nitrogens with zero attached hydrogens (tertiary/aromatic N) is 2. The van der Waals surface area contributed by atoms with Crippen molar-refractivity contribution in [2.24, 2.45) is 0 Å². The van der Waals surface area contributed by atoms with Gasteiger partial charge in [-0.1, -0.05) is 11.6 Å². The molecule has 0 aromatic carbocycles. The molecule has 2 rings (SSSR count). The number of hydrogen-bond acceptors (Lipinski definition) is 6. The zero-order chi connectivity index (χ0) is 13.8. The van der Waals surface area contributed by atoms with Gasteiger partial charge in [-0.15, -0.1) is 0 Å². The smallest absolute Gasteiger partial charge is 0.327 e. The molecule has 19 heavy (non-hydrogen) atoms. The Labute approximate surface area is 119 Å². The maximum Gasteiger partial charge on any atom is 0.327 e. The molecule has 0 radical (unpaired) electrons. The second-order valence-corrected chi connectivity index (χ2v) is 5.64. The third kappa shape index (κ3) is 3.42. The Morgan fingerprint density at radius 1 is 1.74 bits per heavy atom. The van der Waals surface area contributed by atoms with Gasteiger partial charge in [-0.25, -0.2) is 4.68 Å². The van der Waals surface area contributed by atoms with Crippen LogP contribution >= 0.6 is 23.4 Å². The van der Waals surface area contributed by atoms with Crippen molar-refractivity contribution in [3.8, 4) is 0 Å². The standard InChI is InChI=1S/C11H14ClN3O3S/c1-18-9(16)5-15-11(17)10(12)8(4-13-15)14-7-2-3-19-6-7/h4,7,14H,2-3,5-6H2,1H3. The summed E-state index contributed by atoms with van der Waals surface area (Å²) in [7, 11) is 1.25. The first-order valence-electron chi connectivity index (χ1n) is 5.78. The van der Waals surface area contributed by atoms with Crippen molar-refractivity contribution in [2.45, 2.75) is 19.0 Å². The Morgan fingerprint density at radius 3 is 3.16 bits per heavy atom. The minimum Gasteiger partial charge on any atom is -0.468 e. The molecule has 1 fully saturated rings. The number of hydrogen-bond donors (Lipinski definition) is 1. The summed E-state index contributed by atoms with van der Waals surface area (Å²) in [6, 6.07) is 0.306. The van der Waals surface area contributed by atoms with E-state index in [9.17, 15) is 9.59 Å². The molecule has 104 valence electrons. The molecule has 0 spiro atoms. The van der Waals surface area contributed by atoms with Crippen LogP contribution in [0.5, 0.6) is 0 Å². The van der Waals surface area contributed by atoms with E-state index in [1.807, 2.05) is 11.8 Å². The topological polar surface area (TPSA) is 73.2 Å². The lowest BCUT2D eigenvalue weighted by Crippen LogP contribution is -2.29. The first kappa shape index (κ1) is 14.2. The number of ether oxygens (including phenoxy) is 1. The van der Waals surface area contributed by atoms with Gasteiger partial charge in [-0.2, -0.15) is 16.9 Å². The van der Waals surface area contributed by atoms with E-state index in [0.29, 0.717) is 11.7 Å². The fourth-order valence-electron chi connectivity index (χ4n) is 1.73. The predicted molar refractivity (Wildman–Crippen MR) is 74.9 cm³/mol. The molecule has 0 saturated carbocycles. The summed E-state index contributed by atoms with van der Waals surface area (Å²) in [4.78, 5) is 23.1. The summed E-state index contributed by atoms with van der Waals surface area (Å²) in [5.74, 6) is 1.54. The molecular weight excluding hydrogens is 290 g/mol. The third-order valence-electron chi connectivity index (χ3n) is 2.78. The molecule has 2 heterocycles. The van der Waals surface area contributed by atoms with Gasteiger partial charge in [0.05, 0.1) is 19.0 Å². The van der Waals surface area contributed by atoms with Crippen LogP contribution in [0.1, 0.15) is 6.42 Å². The maximum absolute atomic E-state index is 11.9. The quantitative estimate of drug-likeness (QED) is 0.836. The van der Waals surface area contributed by atoms with Crippen LogP contribution in [0.4, 0.5) is 5.69 Å². The van der Waals surface area contributed by atoms with E-state index in [-0.39, 0.29) is 11.6 Å². The number of esters is 1. The number of nitrogens with one attached hydrogen (secondary N) is 1. The highest BCUT2D eigenvalue weighted by Crippen LogP contribution is 2.23. The number of rotatable bonds is 4. The van der Waals surface area contributed by atoms with Crippen LogP contribution in [0.25, 0.3) is 0 Å². The zero-order valence-electron chi connectivity index (χ0n) is 10.4. The highest BCUT2D eigenvalue weighted by molar-refractivity contribution is 7.99. The second kappa shape index (κ2) is 6.29. The summed E-state index contributed by atoms with van der Waals surface area (Å²) in [6.07, 6.45) is 2.50. The molecule has 8 heteroatoms. The lowest BCUT2D eigenvalue weighted by atomic mass is 10.2. The Hall–Kier alpha value is -1.21. The Bertz CT molecular complexity index is 528. The average molecular weight is 304 g/mol. The fraction of sp³-hybridized carbons (Fsp3) is 0.545. The highest BCUT2D eigenvalue weighted by Gasteiger charge is 2.18. The molecule has 6 nitrogen and oxygen atoms in total. The van der Waals surface area contributed by atoms with E-state index in [1.165, 1.54) is 13.3 Å². The largest absolute Gasteiger partial charge is 0.468 e. The van der Waals surface area contributed by atoms with Crippen LogP contribution in [0.3, 0.4) is 0 Å². The summed E-state index contributed by atoms with van der Waals surface area (Å²) in [5.41, 5.74) is 0.0167. The van der Waals surface area contributed by atoms with E-state index in [1.54, 1.807) is 0 Å². The third-order valence-corrected chi connectivity index (χ3v) is 4.31. The number of carbonyl (C=O) groups is 1. The number of methoxy groups -OCH3 is 1. The van der Waals surface area contributed by atoms with Gasteiger partial charge in [0.1, 0.15) is 11.6 Å². The van der Waals surface area contributed by atoms with Gasteiger partial charge in [-0.05, 0) is 12.2 Å². The van der Waals surface area contributed by atoms with Crippen LogP contribution in [0.15, 0.2) is 11.0 Å². The average Bonchev–Trinajstić information content (AvgIpc) is 2.91. The molecule has 0 amide bonds. The summed E-state index contributed by atoms with van der Waals surface area (Å²) >= 11 is 7.86. The summed E-state index contributed by atoms with van der Waals surface area (Å²) in [6.45, 7) is -0.241. The van der Waals surface area contributed by atoms with E-state index in [4.69, 9.17) is 11.6 Å². The second-order valence-electron chi connectivity index (χ2n) is 4.12. The number of thioether (sulfide) groups is 1. The van der Waals surface area contributed by atoms with Crippen molar-refractivity contribution in [1.82, 2.24) is 9.78 Å². The highest BCUT2D eigenvalue weighted by atomic mass is 35.5. The lowest BCUT2D eigenvalue weighted by molar-refractivity contribution is -0.141. The molecule has 1 saturated heterocycles. The minimum absolute atomic E-state index is 0.0517. The van der Waals surface area contributed by atoms with Crippen LogP contribution in [-0.2, 0) is 16.1 Å². The van der Waals surface area contributed by atoms with Crippen LogP contribution in [-0.4, -0.2) is 40.4 Å². The Morgan fingerprint density at radius 2 is 2.53 bits per heavy atom. The molecule has 0 aliphatic carbocycles. The molecule has 1 aliphatic rings. The van der Waals surface area contributed by atoms with Crippen molar-refractivity contribution in [3.05, 3.63) is 21.6 Å². The zero-order valence-corrected chi connectivity index (χ0v) is 12.0. The van der Waals surface area contributed by atoms with Crippen molar-refractivity contribution in [2.75, 3.05) is 23.9 Å². The fourth-order valence-corrected chi connectivity index (χ4v) is 3.09. The van der Waals surface area contributed by atoms with Crippen molar-refractivity contribution < 1.29 is 9.53 Å². The Balaban J connectivity index is 2.16. The molecule has 1 aromatic rings. The van der Waals surface area contributed by atoms with Crippen molar-refractivity contribution in [3.63, 3.8) is 0 Å². The first-order chi connectivity index (χ1) is 9.11. The van der Waals surface area contributed by atoms with Crippen molar-refractivity contribution >= 4 is 35.0 Å². The molecule has 1 N–H and O–H groups in total. The summed E-state index contributed by atoms with van der Waals surface area (Å²) < 4.78 is 5.48. The van der Waals surface area contributed by atoms with Gasteiger partial charge in [-0.3, -0.25) is 9.59 Å². The number of halogens is 1. The van der Waals surface area contributed by atoms with Crippen LogP contribution in [0, 0.1) is 0 Å². The van der Waals surface area contributed by atoms with E-state index < -0.39 is 11.5 Å². The van der Waals surface area contributed by atoms with E-state index in [0.717, 1.165) is 22.6 Å². The number of carbonyl (C=O) groups excluding carboxylic acids is 1. The monoisotopic (exact) mass is 303 g/mol. The van der Waals surface area contributed by atoms with Gasteiger partial charge in [0.25, 0.3) is 5.56 Å². The van der Waals surface area contributed by atoms with Gasteiger partial charge in [0.2, 0.25) is 0 Å². The number of anilines is 1. The van der Waals surface area contributed by atoms with Gasteiger partial charge in [0.15, 0.2) is 0 Å². The van der Waals surface area contributed by atoms with Gasteiger partial charge < -0.3 is 10.1 Å². The molecule has 1 unspecified atom stereocenters. The van der Waals surface area contributed by atoms with Gasteiger partial charge >= 0.3 is 5.97 Å². The Kier molecular flexibility index (Phi) is 4.71. The normalized spacial score (nSPS) is 18.3. The molecule has 1 aromatic heterocycles. The van der Waals surface area contributed by atoms with E-state index in [2.05, 4.69) is 15.2 Å². The maximum atomic E-state index is 11.9. The SMILES string of the molecule is COC(=O)Cn1ncc(NC2CCSC2)c(Cl)c1=O.